The molecule has 0 unspecified atom stereocenters. The van der Waals surface area contributed by atoms with Crippen LogP contribution in [0.15, 0.2) is 70.4 Å². The minimum atomic E-state index is 0.0771. The van der Waals surface area contributed by atoms with Crippen LogP contribution in [0.1, 0.15) is 12.5 Å². The summed E-state index contributed by atoms with van der Waals surface area (Å²) in [6.07, 6.45) is 1.60. The van der Waals surface area contributed by atoms with Gasteiger partial charge in [-0.05, 0) is 67.9 Å². The van der Waals surface area contributed by atoms with Crippen molar-refractivity contribution in [2.75, 3.05) is 43.4 Å². The van der Waals surface area contributed by atoms with Gasteiger partial charge in [-0.1, -0.05) is 29.4 Å². The molecule has 4 aromatic rings. The molecule has 2 aromatic carbocycles. The van der Waals surface area contributed by atoms with Gasteiger partial charge < -0.3 is 19.0 Å². The topological polar surface area (TPSA) is 76.6 Å². The van der Waals surface area contributed by atoms with Crippen LogP contribution in [0.3, 0.4) is 0 Å². The Hall–Kier alpha value is -3.43. The Morgan fingerprint density at radius 3 is 2.57 bits per heavy atom. The number of hydrogen-bond donors (Lipinski definition) is 0. The van der Waals surface area contributed by atoms with Gasteiger partial charge >= 0.3 is 0 Å². The first-order valence-corrected chi connectivity index (χ1v) is 13.5. The zero-order chi connectivity index (χ0) is 25.8. The first kappa shape index (κ1) is 25.2. The third-order valence-corrected chi connectivity index (χ3v) is 7.40. The second kappa shape index (κ2) is 11.3. The maximum absolute atomic E-state index is 13.1. The molecule has 1 aliphatic rings. The maximum atomic E-state index is 13.1. The number of hydrogen-bond acceptors (Lipinski definition) is 7. The van der Waals surface area contributed by atoms with Crippen LogP contribution in [0, 0.1) is 6.92 Å². The van der Waals surface area contributed by atoms with Gasteiger partial charge in [0, 0.05) is 36.9 Å². The van der Waals surface area contributed by atoms with Crippen LogP contribution in [-0.2, 0) is 4.79 Å². The molecule has 1 aliphatic heterocycles. The average molecular weight is 538 g/mol. The summed E-state index contributed by atoms with van der Waals surface area (Å²) >= 11 is 7.58. The second-order valence-electron chi connectivity index (χ2n) is 8.63. The molecule has 2 aromatic heterocycles. The SMILES string of the molecule is CCOc1ccc(-n2c(SCC(=O)N3CCN(c4cc(Cl)ccc4C)CC3)nnc2-c2ccco2)cc1. The quantitative estimate of drug-likeness (QED) is 0.281. The lowest BCUT2D eigenvalue weighted by Gasteiger charge is -2.36. The second-order valence-corrected chi connectivity index (χ2v) is 10.0. The number of carbonyl (C=O) groups excluding carboxylic acids is 1. The van der Waals surface area contributed by atoms with Gasteiger partial charge in [-0.3, -0.25) is 9.36 Å². The molecular formula is C27H28ClN5O3S. The molecule has 0 radical (unpaired) electrons. The molecule has 8 nitrogen and oxygen atoms in total. The van der Waals surface area contributed by atoms with E-state index >= 15 is 0 Å². The van der Waals surface area contributed by atoms with Crippen LogP contribution in [0.5, 0.6) is 5.75 Å². The van der Waals surface area contributed by atoms with Gasteiger partial charge in [0.25, 0.3) is 0 Å². The van der Waals surface area contributed by atoms with Gasteiger partial charge in [0.2, 0.25) is 11.7 Å². The summed E-state index contributed by atoms with van der Waals surface area (Å²) in [5, 5.41) is 10.1. The fourth-order valence-corrected chi connectivity index (χ4v) is 5.38. The lowest BCUT2D eigenvalue weighted by atomic mass is 10.1. The van der Waals surface area contributed by atoms with Crippen LogP contribution in [0.4, 0.5) is 5.69 Å². The van der Waals surface area contributed by atoms with Crippen molar-refractivity contribution in [1.29, 1.82) is 0 Å². The number of amides is 1. The summed E-state index contributed by atoms with van der Waals surface area (Å²) in [4.78, 5) is 17.3. The van der Waals surface area contributed by atoms with Crippen molar-refractivity contribution < 1.29 is 13.9 Å². The Morgan fingerprint density at radius 2 is 1.86 bits per heavy atom. The van der Waals surface area contributed by atoms with Gasteiger partial charge in [-0.2, -0.15) is 0 Å². The van der Waals surface area contributed by atoms with E-state index in [-0.39, 0.29) is 11.7 Å². The third-order valence-electron chi connectivity index (χ3n) is 6.25. The number of nitrogens with zero attached hydrogens (tertiary/aromatic N) is 5. The number of halogens is 1. The molecule has 0 bridgehead atoms. The van der Waals surface area contributed by atoms with E-state index in [1.165, 1.54) is 17.3 Å². The lowest BCUT2D eigenvalue weighted by molar-refractivity contribution is -0.128. The van der Waals surface area contributed by atoms with E-state index in [9.17, 15) is 4.79 Å². The van der Waals surface area contributed by atoms with E-state index in [1.54, 1.807) is 6.26 Å². The monoisotopic (exact) mass is 537 g/mol. The number of aromatic nitrogens is 3. The third kappa shape index (κ3) is 5.62. The van der Waals surface area contributed by atoms with Crippen LogP contribution in [0.25, 0.3) is 17.3 Å². The summed E-state index contributed by atoms with van der Waals surface area (Å²) in [6, 6.07) is 17.3. The highest BCUT2D eigenvalue weighted by Gasteiger charge is 2.24. The van der Waals surface area contributed by atoms with Gasteiger partial charge in [0.05, 0.1) is 24.3 Å². The Kier molecular flexibility index (Phi) is 7.71. The van der Waals surface area contributed by atoms with Gasteiger partial charge in [-0.25, -0.2) is 0 Å². The molecule has 0 atom stereocenters. The van der Waals surface area contributed by atoms with E-state index in [0.29, 0.717) is 36.4 Å². The molecule has 0 N–H and O–H groups in total. The standard InChI is InChI=1S/C27H28ClN5O3S/c1-3-35-22-10-8-21(9-11-22)33-26(24-5-4-16-36-24)29-30-27(33)37-18-25(34)32-14-12-31(13-15-32)23-17-20(28)7-6-19(23)2/h4-11,16-17H,3,12-15,18H2,1-2H3. The average Bonchev–Trinajstić information content (AvgIpc) is 3.60. The van der Waals surface area contributed by atoms with E-state index in [2.05, 4.69) is 22.0 Å². The number of furan rings is 1. The summed E-state index contributed by atoms with van der Waals surface area (Å²) in [7, 11) is 0. The number of piperazine rings is 1. The zero-order valence-corrected chi connectivity index (χ0v) is 22.3. The smallest absolute Gasteiger partial charge is 0.233 e. The van der Waals surface area contributed by atoms with E-state index in [1.807, 2.05) is 71.0 Å². The van der Waals surface area contributed by atoms with Gasteiger partial charge in [-0.15, -0.1) is 10.2 Å². The Labute approximate surface area is 225 Å². The molecule has 192 valence electrons. The highest BCUT2D eigenvalue weighted by molar-refractivity contribution is 7.99. The summed E-state index contributed by atoms with van der Waals surface area (Å²) in [5.41, 5.74) is 3.17. The lowest BCUT2D eigenvalue weighted by Crippen LogP contribution is -2.49. The highest BCUT2D eigenvalue weighted by Crippen LogP contribution is 2.30. The summed E-state index contributed by atoms with van der Waals surface area (Å²) < 4.78 is 13.1. The number of ether oxygens (including phenoxy) is 1. The number of thioether (sulfide) groups is 1. The first-order valence-electron chi connectivity index (χ1n) is 12.2. The Balaban J connectivity index is 1.28. The van der Waals surface area contributed by atoms with Crippen molar-refractivity contribution in [3.63, 3.8) is 0 Å². The largest absolute Gasteiger partial charge is 0.494 e. The minimum Gasteiger partial charge on any atom is -0.494 e. The number of rotatable bonds is 8. The Morgan fingerprint density at radius 1 is 1.08 bits per heavy atom. The summed E-state index contributed by atoms with van der Waals surface area (Å²) in [6.45, 7) is 7.48. The van der Waals surface area contributed by atoms with E-state index < -0.39 is 0 Å². The molecule has 0 aliphatic carbocycles. The van der Waals surface area contributed by atoms with Crippen LogP contribution in [0.2, 0.25) is 5.02 Å². The molecule has 1 amide bonds. The fourth-order valence-electron chi connectivity index (χ4n) is 4.36. The molecule has 0 spiro atoms. The van der Waals surface area contributed by atoms with Crippen molar-refractivity contribution in [3.8, 4) is 23.0 Å². The van der Waals surface area contributed by atoms with Crippen LogP contribution in [-0.4, -0.2) is 64.1 Å². The van der Waals surface area contributed by atoms with Crippen LogP contribution < -0.4 is 9.64 Å². The Bertz CT molecular complexity index is 1350. The van der Waals surface area contributed by atoms with Gasteiger partial charge in [0.15, 0.2) is 10.9 Å². The molecular weight excluding hydrogens is 510 g/mol. The van der Waals surface area contributed by atoms with Crippen LogP contribution >= 0.6 is 23.4 Å². The molecule has 5 rings (SSSR count). The van der Waals surface area contributed by atoms with Crippen molar-refractivity contribution in [2.24, 2.45) is 0 Å². The first-order chi connectivity index (χ1) is 18.0. The molecule has 10 heteroatoms. The number of benzene rings is 2. The normalized spacial score (nSPS) is 13.7. The summed E-state index contributed by atoms with van der Waals surface area (Å²) in [5.74, 6) is 2.31. The molecule has 1 saturated heterocycles. The van der Waals surface area contributed by atoms with E-state index in [4.69, 9.17) is 20.8 Å². The number of anilines is 1. The maximum Gasteiger partial charge on any atom is 0.233 e. The van der Waals surface area contributed by atoms with E-state index in [0.717, 1.165) is 35.2 Å². The zero-order valence-electron chi connectivity index (χ0n) is 20.8. The predicted molar refractivity (Wildman–Crippen MR) is 146 cm³/mol. The predicted octanol–water partition coefficient (Wildman–Crippen LogP) is 5.33. The number of aryl methyl sites for hydroxylation is 1. The van der Waals surface area contributed by atoms with Crippen molar-refractivity contribution in [3.05, 3.63) is 71.4 Å². The molecule has 1 fully saturated rings. The number of carbonyl (C=O) groups is 1. The minimum absolute atomic E-state index is 0.0771. The molecule has 3 heterocycles. The molecule has 37 heavy (non-hydrogen) atoms. The van der Waals surface area contributed by atoms with Crippen molar-refractivity contribution in [1.82, 2.24) is 19.7 Å². The van der Waals surface area contributed by atoms with Gasteiger partial charge in [0.1, 0.15) is 5.75 Å². The van der Waals surface area contributed by atoms with Crippen molar-refractivity contribution in [2.45, 2.75) is 19.0 Å². The fraction of sp³-hybridized carbons (Fsp3) is 0.296. The highest BCUT2D eigenvalue weighted by atomic mass is 35.5. The van der Waals surface area contributed by atoms with Crippen molar-refractivity contribution >= 4 is 35.0 Å². The molecule has 0 saturated carbocycles.